The van der Waals surface area contributed by atoms with Crippen molar-refractivity contribution in [1.29, 1.82) is 0 Å². The topological polar surface area (TPSA) is 0 Å². The van der Waals surface area contributed by atoms with Crippen LogP contribution >= 0.6 is 7.26 Å². The highest BCUT2D eigenvalue weighted by molar-refractivity contribution is 7.95. The first-order chi connectivity index (χ1) is 16.8. The third-order valence-corrected chi connectivity index (χ3v) is 11.3. The molecule has 0 heterocycles. The lowest BCUT2D eigenvalue weighted by Crippen LogP contribution is -2.34. The molecule has 0 atom stereocenters. The molecule has 174 valence electrons. The third kappa shape index (κ3) is 5.86. The molecule has 4 rings (SSSR count). The smallest absolute Gasteiger partial charge is 0.0654 e. The van der Waals surface area contributed by atoms with Crippen molar-refractivity contribution in [3.63, 3.8) is 0 Å². The molecular formula is C33H38P+. The molecule has 1 heteroatoms. The lowest BCUT2D eigenvalue weighted by molar-refractivity contribution is 0.608. The van der Waals surface area contributed by atoms with Gasteiger partial charge < -0.3 is 0 Å². The zero-order valence-electron chi connectivity index (χ0n) is 20.6. The molecule has 0 aliphatic carbocycles. The Labute approximate surface area is 207 Å². The maximum absolute atomic E-state index is 2.43. The molecule has 0 radical (unpaired) electrons. The van der Waals surface area contributed by atoms with E-state index in [1.807, 2.05) is 0 Å². The van der Waals surface area contributed by atoms with Crippen molar-refractivity contribution in [2.24, 2.45) is 0 Å². The van der Waals surface area contributed by atoms with E-state index in [4.69, 9.17) is 0 Å². The van der Waals surface area contributed by atoms with Gasteiger partial charge in [0, 0.05) is 0 Å². The predicted octanol–water partition coefficient (Wildman–Crippen LogP) is 8.08. The van der Waals surface area contributed by atoms with Gasteiger partial charge in [-0.15, -0.1) is 0 Å². The van der Waals surface area contributed by atoms with Gasteiger partial charge in [0.25, 0.3) is 0 Å². The summed E-state index contributed by atoms with van der Waals surface area (Å²) in [7, 11) is -1.88. The fraction of sp³-hybridized carbons (Fsp3) is 0.273. The van der Waals surface area contributed by atoms with E-state index in [-0.39, 0.29) is 0 Å². The van der Waals surface area contributed by atoms with Crippen LogP contribution < -0.4 is 15.9 Å². The number of aryl methyl sites for hydroxylation is 1. The minimum atomic E-state index is -1.88. The Kier molecular flexibility index (Phi) is 9.12. The maximum atomic E-state index is 2.43. The summed E-state index contributed by atoms with van der Waals surface area (Å²) in [6, 6.07) is 43.0. The lowest BCUT2D eigenvalue weighted by atomic mass is 10.1. The van der Waals surface area contributed by atoms with Crippen LogP contribution in [0.5, 0.6) is 0 Å². The largest absolute Gasteiger partial charge is 0.116 e. The average molecular weight is 466 g/mol. The Morgan fingerprint density at radius 1 is 0.500 bits per heavy atom. The molecule has 34 heavy (non-hydrogen) atoms. The Balaban J connectivity index is 1.80. The van der Waals surface area contributed by atoms with E-state index in [0.29, 0.717) is 0 Å². The van der Waals surface area contributed by atoms with Gasteiger partial charge in [-0.2, -0.15) is 0 Å². The molecular weight excluding hydrogens is 427 g/mol. The number of benzene rings is 4. The maximum Gasteiger partial charge on any atom is 0.116 e. The Bertz CT molecular complexity index is 1060. The van der Waals surface area contributed by atoms with Crippen LogP contribution in [0.2, 0.25) is 0 Å². The molecule has 0 amide bonds. The van der Waals surface area contributed by atoms with Crippen molar-refractivity contribution in [3.05, 3.63) is 126 Å². The molecule has 0 bridgehead atoms. The Hall–Kier alpha value is -2.69. The fourth-order valence-corrected chi connectivity index (χ4v) is 9.64. The van der Waals surface area contributed by atoms with Gasteiger partial charge in [0.1, 0.15) is 23.2 Å². The van der Waals surface area contributed by atoms with Crippen molar-refractivity contribution < 1.29 is 0 Å². The summed E-state index contributed by atoms with van der Waals surface area (Å²) in [4.78, 5) is 0. The van der Waals surface area contributed by atoms with Gasteiger partial charge >= 0.3 is 0 Å². The fourth-order valence-electron chi connectivity index (χ4n) is 5.11. The van der Waals surface area contributed by atoms with E-state index in [9.17, 15) is 0 Å². The normalized spacial score (nSPS) is 11.4. The summed E-state index contributed by atoms with van der Waals surface area (Å²) < 4.78 is 0. The van der Waals surface area contributed by atoms with Crippen LogP contribution in [0, 0.1) is 0 Å². The number of rotatable bonds is 12. The zero-order valence-corrected chi connectivity index (χ0v) is 21.5. The van der Waals surface area contributed by atoms with Crippen LogP contribution in [0.15, 0.2) is 115 Å². The van der Waals surface area contributed by atoms with Crippen LogP contribution in [0.25, 0.3) is 0 Å². The van der Waals surface area contributed by atoms with E-state index in [2.05, 4.69) is 122 Å². The third-order valence-electron chi connectivity index (χ3n) is 6.86. The molecule has 0 saturated heterocycles. The van der Waals surface area contributed by atoms with Gasteiger partial charge in [-0.05, 0) is 54.3 Å². The average Bonchev–Trinajstić information content (AvgIpc) is 2.91. The van der Waals surface area contributed by atoms with Crippen molar-refractivity contribution >= 4 is 23.2 Å². The minimum Gasteiger partial charge on any atom is -0.0654 e. The molecule has 4 aromatic rings. The molecule has 0 aromatic heterocycles. The lowest BCUT2D eigenvalue weighted by Gasteiger charge is -2.29. The summed E-state index contributed by atoms with van der Waals surface area (Å²) in [6.07, 6.45) is 10.2. The number of hydrogen-bond donors (Lipinski definition) is 0. The molecule has 0 nitrogen and oxygen atoms in total. The highest BCUT2D eigenvalue weighted by atomic mass is 31.2. The summed E-state index contributed by atoms with van der Waals surface area (Å²) in [6.45, 7) is 2.29. The first-order valence-corrected chi connectivity index (χ1v) is 14.9. The summed E-state index contributed by atoms with van der Waals surface area (Å²) >= 11 is 0. The minimum absolute atomic E-state index is 1.05. The highest BCUT2D eigenvalue weighted by Crippen LogP contribution is 2.58. The van der Waals surface area contributed by atoms with E-state index in [1.54, 1.807) is 5.30 Å². The van der Waals surface area contributed by atoms with Gasteiger partial charge in [-0.25, -0.2) is 0 Å². The van der Waals surface area contributed by atoms with Crippen LogP contribution in [-0.4, -0.2) is 0 Å². The molecule has 0 aliphatic rings. The zero-order chi connectivity index (χ0) is 23.5. The second-order valence-electron chi connectivity index (χ2n) is 9.27. The van der Waals surface area contributed by atoms with E-state index in [0.717, 1.165) is 6.16 Å². The summed E-state index contributed by atoms with van der Waals surface area (Å²) in [5.41, 5.74) is 2.95. The Morgan fingerprint density at radius 2 is 1.00 bits per heavy atom. The second-order valence-corrected chi connectivity index (χ2v) is 12.7. The van der Waals surface area contributed by atoms with Crippen molar-refractivity contribution in [2.45, 2.75) is 58.0 Å². The first kappa shape index (κ1) is 24.4. The number of hydrogen-bond acceptors (Lipinski definition) is 0. The molecule has 0 spiro atoms. The van der Waals surface area contributed by atoms with Crippen LogP contribution in [-0.2, 0) is 12.6 Å². The van der Waals surface area contributed by atoms with Gasteiger partial charge in [-0.3, -0.25) is 0 Å². The summed E-state index contributed by atoms with van der Waals surface area (Å²) in [5, 5.41) is 4.51. The molecule has 0 saturated carbocycles. The second kappa shape index (κ2) is 12.7. The van der Waals surface area contributed by atoms with Gasteiger partial charge in [-0.1, -0.05) is 124 Å². The van der Waals surface area contributed by atoms with Crippen molar-refractivity contribution in [1.82, 2.24) is 0 Å². The molecule has 0 aliphatic heterocycles. The predicted molar refractivity (Wildman–Crippen MR) is 152 cm³/mol. The molecule has 4 aromatic carbocycles. The number of unbranched alkanes of at least 4 members (excludes halogenated alkanes) is 5. The van der Waals surface area contributed by atoms with Crippen LogP contribution in [0.3, 0.4) is 0 Å². The summed E-state index contributed by atoms with van der Waals surface area (Å²) in [5.74, 6) is 0. The molecule has 0 fully saturated rings. The highest BCUT2D eigenvalue weighted by Gasteiger charge is 2.46. The van der Waals surface area contributed by atoms with Crippen LogP contribution in [0.1, 0.15) is 56.6 Å². The van der Waals surface area contributed by atoms with Gasteiger partial charge in [0.15, 0.2) is 0 Å². The molecule has 0 unspecified atom stereocenters. The van der Waals surface area contributed by atoms with E-state index < -0.39 is 7.26 Å². The van der Waals surface area contributed by atoms with Gasteiger partial charge in [0.2, 0.25) is 0 Å². The van der Waals surface area contributed by atoms with Crippen molar-refractivity contribution in [2.75, 3.05) is 0 Å². The van der Waals surface area contributed by atoms with Crippen molar-refractivity contribution in [3.8, 4) is 0 Å². The van der Waals surface area contributed by atoms with Gasteiger partial charge in [0.05, 0.1) is 6.16 Å². The molecule has 0 N–H and O–H groups in total. The van der Waals surface area contributed by atoms with E-state index >= 15 is 0 Å². The monoisotopic (exact) mass is 465 g/mol. The van der Waals surface area contributed by atoms with E-state index in [1.165, 1.54) is 66.7 Å². The van der Waals surface area contributed by atoms with Crippen LogP contribution in [0.4, 0.5) is 0 Å². The quantitative estimate of drug-likeness (QED) is 0.146. The first-order valence-electron chi connectivity index (χ1n) is 13.0. The SMILES string of the molecule is CCCCCCCCc1ccccc1[P+](Cc1ccccc1)(c1ccccc1)c1ccccc1. The standard InChI is InChI=1S/C33H38P/c1-2-3-4-5-6-12-21-30-22-17-18-27-33(30)34(31-23-13-8-14-24-31,32-25-15-9-16-26-32)28-29-19-10-7-11-20-29/h7-11,13-20,22-27H,2-6,12,21,28H2,1H3/q+1. The Morgan fingerprint density at radius 3 is 1.62 bits per heavy atom.